The van der Waals surface area contributed by atoms with Gasteiger partial charge in [0.1, 0.15) is 12.3 Å². The third-order valence-corrected chi connectivity index (χ3v) is 4.52. The van der Waals surface area contributed by atoms with Gasteiger partial charge in [-0.3, -0.25) is 4.79 Å². The molecule has 0 aliphatic carbocycles. The zero-order valence-electron chi connectivity index (χ0n) is 16.8. The average Bonchev–Trinajstić information content (AvgIpc) is 2.62. The first-order valence-corrected chi connectivity index (χ1v) is 9.74. The van der Waals surface area contributed by atoms with Crippen LogP contribution < -0.4 is 15.4 Å². The highest BCUT2D eigenvalue weighted by molar-refractivity contribution is 14.0. The Morgan fingerprint density at radius 1 is 1.37 bits per heavy atom. The number of nitrogens with zero attached hydrogens (tertiary/aromatic N) is 2. The van der Waals surface area contributed by atoms with E-state index in [1.54, 1.807) is 26.1 Å². The van der Waals surface area contributed by atoms with Crippen LogP contribution in [0.3, 0.4) is 0 Å². The number of halogens is 2. The van der Waals surface area contributed by atoms with Crippen molar-refractivity contribution in [2.45, 2.75) is 39.2 Å². The smallest absolute Gasteiger partial charge is 0.243 e. The number of nitrogens with one attached hydrogen (secondary N) is 2. The van der Waals surface area contributed by atoms with E-state index in [1.807, 2.05) is 12.1 Å². The molecule has 0 heterocycles. The monoisotopic (exact) mass is 554 g/mol. The Balaban J connectivity index is 0.00000676. The third-order valence-electron chi connectivity index (χ3n) is 4.03. The standard InChI is InChI=1S/C19H31BrN4O2.HI/c1-6-14(2)23-19(22-13-18(25)24(3)4)21-11-7-8-15-9-10-16(20)12-17(15)26-5;/h9-10,12,14H,6-8,11,13H2,1-5H3,(H2,21,22,23);1H. The predicted molar refractivity (Wildman–Crippen MR) is 126 cm³/mol. The molecule has 0 radical (unpaired) electrons. The summed E-state index contributed by atoms with van der Waals surface area (Å²) in [6, 6.07) is 6.37. The maximum atomic E-state index is 11.8. The minimum Gasteiger partial charge on any atom is -0.496 e. The summed E-state index contributed by atoms with van der Waals surface area (Å²) in [5, 5.41) is 6.64. The summed E-state index contributed by atoms with van der Waals surface area (Å²) in [6.45, 7) is 5.11. The number of carbonyl (C=O) groups is 1. The van der Waals surface area contributed by atoms with Crippen molar-refractivity contribution >= 4 is 51.8 Å². The molecule has 1 rings (SSSR count). The molecule has 6 nitrogen and oxygen atoms in total. The van der Waals surface area contributed by atoms with E-state index in [1.165, 1.54) is 5.56 Å². The highest BCUT2D eigenvalue weighted by atomic mass is 127. The first-order valence-electron chi connectivity index (χ1n) is 8.94. The molecule has 8 heteroatoms. The number of amides is 1. The van der Waals surface area contributed by atoms with Gasteiger partial charge in [0.05, 0.1) is 7.11 Å². The normalized spacial score (nSPS) is 12.0. The summed E-state index contributed by atoms with van der Waals surface area (Å²) in [6.07, 6.45) is 2.82. The van der Waals surface area contributed by atoms with Crippen LogP contribution in [0.25, 0.3) is 0 Å². The lowest BCUT2D eigenvalue weighted by atomic mass is 10.1. The molecule has 0 fully saturated rings. The Hall–Kier alpha value is -1.03. The second-order valence-electron chi connectivity index (χ2n) is 6.39. The fraction of sp³-hybridized carbons (Fsp3) is 0.579. The van der Waals surface area contributed by atoms with Gasteiger partial charge in [-0.15, -0.1) is 24.0 Å². The van der Waals surface area contributed by atoms with Crippen LogP contribution >= 0.6 is 39.9 Å². The maximum Gasteiger partial charge on any atom is 0.243 e. The number of likely N-dealkylation sites (N-methyl/N-ethyl adjacent to an activating group) is 1. The molecule has 0 saturated heterocycles. The van der Waals surface area contributed by atoms with E-state index in [2.05, 4.69) is 51.5 Å². The molecule has 1 aromatic rings. The minimum atomic E-state index is -0.0187. The summed E-state index contributed by atoms with van der Waals surface area (Å²) in [5.74, 6) is 1.55. The molecule has 1 atom stereocenters. The summed E-state index contributed by atoms with van der Waals surface area (Å²) < 4.78 is 6.44. The molecule has 1 amide bonds. The molecule has 0 saturated carbocycles. The van der Waals surface area contributed by atoms with Crippen LogP contribution in [-0.2, 0) is 11.2 Å². The van der Waals surface area contributed by atoms with Crippen molar-refractivity contribution < 1.29 is 9.53 Å². The van der Waals surface area contributed by atoms with E-state index in [-0.39, 0.29) is 36.4 Å². The predicted octanol–water partition coefficient (Wildman–Crippen LogP) is 3.43. The summed E-state index contributed by atoms with van der Waals surface area (Å²) >= 11 is 3.46. The lowest BCUT2D eigenvalue weighted by Crippen LogP contribution is -2.43. The van der Waals surface area contributed by atoms with Gasteiger partial charge in [0.25, 0.3) is 0 Å². The first-order chi connectivity index (χ1) is 12.4. The lowest BCUT2D eigenvalue weighted by Gasteiger charge is -2.17. The van der Waals surface area contributed by atoms with Gasteiger partial charge in [-0.1, -0.05) is 28.9 Å². The fourth-order valence-corrected chi connectivity index (χ4v) is 2.53. The molecule has 2 N–H and O–H groups in total. The van der Waals surface area contributed by atoms with Crippen LogP contribution in [-0.4, -0.2) is 57.1 Å². The van der Waals surface area contributed by atoms with Gasteiger partial charge in [-0.05, 0) is 43.9 Å². The second-order valence-corrected chi connectivity index (χ2v) is 7.31. The Bertz CT molecular complexity index is 611. The zero-order valence-corrected chi connectivity index (χ0v) is 20.8. The topological polar surface area (TPSA) is 66.0 Å². The molecular weight excluding hydrogens is 523 g/mol. The fourth-order valence-electron chi connectivity index (χ4n) is 2.19. The van der Waals surface area contributed by atoms with Gasteiger partial charge < -0.3 is 20.3 Å². The summed E-state index contributed by atoms with van der Waals surface area (Å²) in [7, 11) is 5.16. The number of methoxy groups -OCH3 is 1. The Kier molecular flexibility index (Phi) is 13.5. The van der Waals surface area contributed by atoms with Crippen LogP contribution in [0.5, 0.6) is 5.75 Å². The van der Waals surface area contributed by atoms with E-state index >= 15 is 0 Å². The number of hydrogen-bond donors (Lipinski definition) is 2. The molecule has 0 aromatic heterocycles. The molecule has 27 heavy (non-hydrogen) atoms. The van der Waals surface area contributed by atoms with E-state index in [0.29, 0.717) is 12.0 Å². The minimum absolute atomic E-state index is 0. The van der Waals surface area contributed by atoms with E-state index in [9.17, 15) is 4.79 Å². The van der Waals surface area contributed by atoms with E-state index in [4.69, 9.17) is 4.74 Å². The number of rotatable bonds is 9. The van der Waals surface area contributed by atoms with Gasteiger partial charge in [0, 0.05) is 31.2 Å². The molecule has 1 unspecified atom stereocenters. The van der Waals surface area contributed by atoms with Gasteiger partial charge in [-0.25, -0.2) is 4.99 Å². The average molecular weight is 555 g/mol. The van der Waals surface area contributed by atoms with Crippen molar-refractivity contribution in [2.24, 2.45) is 4.99 Å². The number of ether oxygens (including phenoxy) is 1. The van der Waals surface area contributed by atoms with Gasteiger partial charge >= 0.3 is 0 Å². The van der Waals surface area contributed by atoms with Crippen molar-refractivity contribution in [3.05, 3.63) is 28.2 Å². The first kappa shape index (κ1) is 26.0. The number of aliphatic imine (C=N–C) groups is 1. The molecule has 154 valence electrons. The zero-order chi connectivity index (χ0) is 19.5. The van der Waals surface area contributed by atoms with Gasteiger partial charge in [0.2, 0.25) is 5.91 Å². The molecule has 0 spiro atoms. The highest BCUT2D eigenvalue weighted by Crippen LogP contribution is 2.24. The van der Waals surface area contributed by atoms with Crippen molar-refractivity contribution in [1.29, 1.82) is 0 Å². The van der Waals surface area contributed by atoms with Crippen LogP contribution in [0.15, 0.2) is 27.7 Å². The second kappa shape index (κ2) is 14.0. The molecule has 0 aliphatic rings. The number of aryl methyl sites for hydroxylation is 1. The highest BCUT2D eigenvalue weighted by Gasteiger charge is 2.08. The van der Waals surface area contributed by atoms with Crippen LogP contribution in [0.2, 0.25) is 0 Å². The molecule has 0 bridgehead atoms. The number of guanidine groups is 1. The molecular formula is C19H32BrIN4O2. The Morgan fingerprint density at radius 2 is 2.07 bits per heavy atom. The maximum absolute atomic E-state index is 11.8. The Labute approximate surface area is 188 Å². The van der Waals surface area contributed by atoms with Gasteiger partial charge in [0.15, 0.2) is 5.96 Å². The number of hydrogen-bond acceptors (Lipinski definition) is 3. The third kappa shape index (κ3) is 10.2. The van der Waals surface area contributed by atoms with Crippen molar-refractivity contribution in [3.8, 4) is 5.75 Å². The van der Waals surface area contributed by atoms with Crippen LogP contribution in [0.1, 0.15) is 32.3 Å². The van der Waals surface area contributed by atoms with Gasteiger partial charge in [-0.2, -0.15) is 0 Å². The van der Waals surface area contributed by atoms with Crippen LogP contribution in [0, 0.1) is 0 Å². The summed E-state index contributed by atoms with van der Waals surface area (Å²) in [5.41, 5.74) is 1.17. The molecule has 0 aliphatic heterocycles. The molecule has 1 aromatic carbocycles. The van der Waals surface area contributed by atoms with Crippen molar-refractivity contribution in [3.63, 3.8) is 0 Å². The van der Waals surface area contributed by atoms with E-state index in [0.717, 1.165) is 36.0 Å². The SMILES string of the molecule is CCC(C)NC(=NCC(=O)N(C)C)NCCCc1ccc(Br)cc1OC.I. The quantitative estimate of drug-likeness (QED) is 0.212. The van der Waals surface area contributed by atoms with Crippen molar-refractivity contribution in [1.82, 2.24) is 15.5 Å². The summed E-state index contributed by atoms with van der Waals surface area (Å²) in [4.78, 5) is 17.7. The van der Waals surface area contributed by atoms with E-state index < -0.39 is 0 Å². The largest absolute Gasteiger partial charge is 0.496 e. The van der Waals surface area contributed by atoms with Crippen molar-refractivity contribution in [2.75, 3.05) is 34.3 Å². The lowest BCUT2D eigenvalue weighted by molar-refractivity contribution is -0.127. The number of carbonyl (C=O) groups excluding carboxylic acids is 1. The van der Waals surface area contributed by atoms with Crippen LogP contribution in [0.4, 0.5) is 0 Å². The Morgan fingerprint density at radius 3 is 2.67 bits per heavy atom. The number of benzene rings is 1.